The molecule has 0 aromatic heterocycles. The van der Waals surface area contributed by atoms with E-state index < -0.39 is 12.1 Å². The first kappa shape index (κ1) is 15.2. The fourth-order valence-corrected chi connectivity index (χ4v) is 1.78. The number of hydrogen-bond donors (Lipinski definition) is 1. The Kier molecular flexibility index (Phi) is 6.36. The van der Waals surface area contributed by atoms with Crippen molar-refractivity contribution >= 4 is 24.3 Å². The summed E-state index contributed by atoms with van der Waals surface area (Å²) in [6, 6.07) is -0.983. The molecule has 0 aliphatic carbocycles. The molecule has 1 amide bonds. The molecule has 0 aromatic carbocycles. The van der Waals surface area contributed by atoms with E-state index in [0.717, 1.165) is 6.42 Å². The predicted molar refractivity (Wildman–Crippen MR) is 62.3 cm³/mol. The van der Waals surface area contributed by atoms with Crippen molar-refractivity contribution in [3.8, 4) is 0 Å². The van der Waals surface area contributed by atoms with Crippen molar-refractivity contribution in [2.45, 2.75) is 38.8 Å². The lowest BCUT2D eigenvalue weighted by atomic mass is 10.2. The summed E-state index contributed by atoms with van der Waals surface area (Å²) in [6.07, 6.45) is 1.51. The summed E-state index contributed by atoms with van der Waals surface area (Å²) < 4.78 is 4.91. The highest BCUT2D eigenvalue weighted by Gasteiger charge is 2.35. The summed E-state index contributed by atoms with van der Waals surface area (Å²) >= 11 is 0. The maximum Gasteiger partial charge on any atom is 0.328 e. The smallest absolute Gasteiger partial charge is 0.328 e. The molecule has 1 aliphatic heterocycles. The van der Waals surface area contributed by atoms with Gasteiger partial charge in [0, 0.05) is 6.54 Å². The minimum atomic E-state index is -0.556. The Bertz CT molecular complexity index is 258. The number of rotatable bonds is 3. The second-order valence-electron chi connectivity index (χ2n) is 3.73. The molecular formula is C10H19ClN2O3. The molecule has 1 fully saturated rings. The highest BCUT2D eigenvalue weighted by atomic mass is 35.5. The van der Waals surface area contributed by atoms with Gasteiger partial charge >= 0.3 is 5.97 Å². The minimum Gasteiger partial charge on any atom is -0.464 e. The van der Waals surface area contributed by atoms with Gasteiger partial charge in [0.25, 0.3) is 0 Å². The van der Waals surface area contributed by atoms with Crippen LogP contribution in [0.3, 0.4) is 0 Å². The second kappa shape index (κ2) is 6.70. The van der Waals surface area contributed by atoms with E-state index in [1.54, 1.807) is 13.8 Å². The number of esters is 1. The van der Waals surface area contributed by atoms with Crippen LogP contribution in [-0.4, -0.2) is 42.0 Å². The molecule has 5 nitrogen and oxygen atoms in total. The quantitative estimate of drug-likeness (QED) is 0.732. The zero-order valence-electron chi connectivity index (χ0n) is 9.64. The van der Waals surface area contributed by atoms with Crippen molar-refractivity contribution < 1.29 is 14.3 Å². The maximum absolute atomic E-state index is 11.7. The first-order chi connectivity index (χ1) is 7.07. The number of ether oxygens (including phenoxy) is 1. The fourth-order valence-electron chi connectivity index (χ4n) is 1.78. The first-order valence-corrected chi connectivity index (χ1v) is 5.30. The lowest BCUT2D eigenvalue weighted by Crippen LogP contribution is -2.47. The van der Waals surface area contributed by atoms with E-state index in [0.29, 0.717) is 19.6 Å². The summed E-state index contributed by atoms with van der Waals surface area (Å²) in [5.74, 6) is -0.491. The van der Waals surface area contributed by atoms with Gasteiger partial charge in [0.2, 0.25) is 5.91 Å². The molecule has 1 heterocycles. The van der Waals surface area contributed by atoms with Crippen LogP contribution in [0.15, 0.2) is 0 Å². The second-order valence-corrected chi connectivity index (χ2v) is 3.73. The predicted octanol–water partition coefficient (Wildman–Crippen LogP) is 0.309. The van der Waals surface area contributed by atoms with Crippen LogP contribution in [-0.2, 0) is 14.3 Å². The Balaban J connectivity index is 0.00000225. The van der Waals surface area contributed by atoms with E-state index in [-0.39, 0.29) is 24.3 Å². The van der Waals surface area contributed by atoms with Crippen LogP contribution in [0, 0.1) is 0 Å². The molecule has 1 saturated heterocycles. The molecule has 2 unspecified atom stereocenters. The largest absolute Gasteiger partial charge is 0.464 e. The first-order valence-electron chi connectivity index (χ1n) is 5.30. The molecule has 0 aromatic rings. The van der Waals surface area contributed by atoms with Gasteiger partial charge in [-0.2, -0.15) is 0 Å². The van der Waals surface area contributed by atoms with Crippen LogP contribution in [0.4, 0.5) is 0 Å². The number of carbonyl (C=O) groups excluding carboxylic acids is 2. The molecule has 2 N–H and O–H groups in total. The van der Waals surface area contributed by atoms with Gasteiger partial charge < -0.3 is 15.4 Å². The van der Waals surface area contributed by atoms with Gasteiger partial charge in [-0.15, -0.1) is 12.4 Å². The van der Waals surface area contributed by atoms with Crippen LogP contribution < -0.4 is 5.73 Å². The minimum absolute atomic E-state index is 0. The molecule has 2 atom stereocenters. The van der Waals surface area contributed by atoms with Crippen molar-refractivity contribution in [2.75, 3.05) is 13.2 Å². The molecule has 0 radical (unpaired) electrons. The summed E-state index contributed by atoms with van der Waals surface area (Å²) in [5.41, 5.74) is 5.51. The number of hydrogen-bond acceptors (Lipinski definition) is 4. The highest BCUT2D eigenvalue weighted by Crippen LogP contribution is 2.19. The Morgan fingerprint density at radius 2 is 2.19 bits per heavy atom. The number of halogens is 1. The van der Waals surface area contributed by atoms with E-state index in [9.17, 15) is 9.59 Å². The fraction of sp³-hybridized carbons (Fsp3) is 0.800. The van der Waals surface area contributed by atoms with Gasteiger partial charge in [0.15, 0.2) is 0 Å². The highest BCUT2D eigenvalue weighted by molar-refractivity contribution is 5.87. The third kappa shape index (κ3) is 3.35. The van der Waals surface area contributed by atoms with Crippen LogP contribution in [0.5, 0.6) is 0 Å². The lowest BCUT2D eigenvalue weighted by Gasteiger charge is -2.24. The summed E-state index contributed by atoms with van der Waals surface area (Å²) in [6.45, 7) is 4.33. The number of carbonyl (C=O) groups is 2. The van der Waals surface area contributed by atoms with Gasteiger partial charge in [-0.1, -0.05) is 0 Å². The van der Waals surface area contributed by atoms with Gasteiger partial charge in [0.05, 0.1) is 12.6 Å². The van der Waals surface area contributed by atoms with E-state index in [1.807, 2.05) is 0 Å². The Hall–Kier alpha value is -0.810. The number of amides is 1. The third-order valence-corrected chi connectivity index (χ3v) is 2.48. The Morgan fingerprint density at radius 3 is 2.69 bits per heavy atom. The average Bonchev–Trinajstić information content (AvgIpc) is 2.65. The lowest BCUT2D eigenvalue weighted by molar-refractivity contribution is -0.153. The molecular weight excluding hydrogens is 232 g/mol. The van der Waals surface area contributed by atoms with Gasteiger partial charge in [-0.05, 0) is 26.7 Å². The van der Waals surface area contributed by atoms with Crippen molar-refractivity contribution in [3.63, 3.8) is 0 Å². The van der Waals surface area contributed by atoms with Crippen LogP contribution in [0.1, 0.15) is 26.7 Å². The van der Waals surface area contributed by atoms with Crippen LogP contribution in [0.25, 0.3) is 0 Å². The molecule has 6 heteroatoms. The molecule has 0 spiro atoms. The van der Waals surface area contributed by atoms with Crippen molar-refractivity contribution in [1.82, 2.24) is 4.90 Å². The SMILES string of the molecule is CCOC(=O)C1CCCN1C(=O)C(C)N.Cl. The zero-order valence-corrected chi connectivity index (χ0v) is 10.5. The number of nitrogens with two attached hydrogens (primary N) is 1. The van der Waals surface area contributed by atoms with Gasteiger partial charge in [-0.3, -0.25) is 4.79 Å². The molecule has 16 heavy (non-hydrogen) atoms. The normalized spacial score (nSPS) is 21.2. The summed E-state index contributed by atoms with van der Waals surface area (Å²) in [7, 11) is 0. The van der Waals surface area contributed by atoms with E-state index in [2.05, 4.69) is 0 Å². The molecule has 0 saturated carbocycles. The Morgan fingerprint density at radius 1 is 1.56 bits per heavy atom. The monoisotopic (exact) mass is 250 g/mol. The van der Waals surface area contributed by atoms with E-state index in [4.69, 9.17) is 10.5 Å². The maximum atomic E-state index is 11.7. The topological polar surface area (TPSA) is 72.6 Å². The third-order valence-electron chi connectivity index (χ3n) is 2.48. The molecule has 94 valence electrons. The van der Waals surface area contributed by atoms with E-state index >= 15 is 0 Å². The molecule has 0 bridgehead atoms. The Labute approximate surface area is 102 Å². The molecule has 1 aliphatic rings. The average molecular weight is 251 g/mol. The number of nitrogens with zero attached hydrogens (tertiary/aromatic N) is 1. The van der Waals surface area contributed by atoms with Crippen LogP contribution in [0.2, 0.25) is 0 Å². The summed E-state index contributed by atoms with van der Waals surface area (Å²) in [5, 5.41) is 0. The van der Waals surface area contributed by atoms with Gasteiger partial charge in [-0.25, -0.2) is 4.79 Å². The van der Waals surface area contributed by atoms with Crippen molar-refractivity contribution in [2.24, 2.45) is 5.73 Å². The summed E-state index contributed by atoms with van der Waals surface area (Å²) in [4.78, 5) is 24.7. The van der Waals surface area contributed by atoms with Crippen molar-refractivity contribution in [3.05, 3.63) is 0 Å². The molecule has 1 rings (SSSR count). The number of likely N-dealkylation sites (tertiary alicyclic amines) is 1. The standard InChI is InChI=1S/C10H18N2O3.ClH/c1-3-15-10(14)8-5-4-6-12(8)9(13)7(2)11;/h7-8H,3-6,11H2,1-2H3;1H. The van der Waals surface area contributed by atoms with Crippen molar-refractivity contribution in [1.29, 1.82) is 0 Å². The zero-order chi connectivity index (χ0) is 11.4. The van der Waals surface area contributed by atoms with E-state index in [1.165, 1.54) is 4.90 Å². The van der Waals surface area contributed by atoms with Gasteiger partial charge in [0.1, 0.15) is 6.04 Å². The van der Waals surface area contributed by atoms with Crippen LogP contribution >= 0.6 is 12.4 Å².